The van der Waals surface area contributed by atoms with Crippen LogP contribution in [0.5, 0.6) is 0 Å². The van der Waals surface area contributed by atoms with Crippen LogP contribution in [0, 0.1) is 17.3 Å². The zero-order valence-electron chi connectivity index (χ0n) is 8.29. The molecule has 0 heterocycles. The lowest BCUT2D eigenvalue weighted by molar-refractivity contribution is 0.0645. The summed E-state index contributed by atoms with van der Waals surface area (Å²) in [5.74, 6) is 1.31. The van der Waals surface area contributed by atoms with Crippen LogP contribution in [-0.4, -0.2) is 11.2 Å². The van der Waals surface area contributed by atoms with E-state index >= 15 is 0 Å². The predicted octanol–water partition coefficient (Wildman–Crippen LogP) is 2.53. The van der Waals surface area contributed by atoms with Gasteiger partial charge in [-0.1, -0.05) is 25.2 Å². The molecule has 2 rings (SSSR count). The van der Waals surface area contributed by atoms with Crippen molar-refractivity contribution in [1.29, 1.82) is 0 Å². The van der Waals surface area contributed by atoms with Crippen molar-refractivity contribution < 1.29 is 5.11 Å². The number of hydrogen-bond acceptors (Lipinski definition) is 1. The minimum Gasteiger partial charge on any atom is -0.388 e. The molecule has 0 aliphatic heterocycles. The minimum absolute atomic E-state index is 0.0787. The quantitative estimate of drug-likeness (QED) is 0.644. The van der Waals surface area contributed by atoms with Crippen LogP contribution in [-0.2, 0) is 0 Å². The van der Waals surface area contributed by atoms with Gasteiger partial charge in [0.05, 0.1) is 6.10 Å². The molecule has 0 aromatic carbocycles. The maximum absolute atomic E-state index is 9.93. The standard InChI is InChI=1S/C12H18O/c1-4-11(13)12(3)8(2)9-5-6-10(12)7-9/h4,9-11,13H,1-2,5-7H2,3H3. The zero-order valence-corrected chi connectivity index (χ0v) is 8.29. The Hall–Kier alpha value is -0.560. The average molecular weight is 178 g/mol. The van der Waals surface area contributed by atoms with E-state index in [0.717, 1.165) is 0 Å². The van der Waals surface area contributed by atoms with Gasteiger partial charge in [0.2, 0.25) is 0 Å². The van der Waals surface area contributed by atoms with E-state index in [4.69, 9.17) is 0 Å². The van der Waals surface area contributed by atoms with Crippen LogP contribution in [0.15, 0.2) is 24.8 Å². The van der Waals surface area contributed by atoms with Crippen LogP contribution in [0.2, 0.25) is 0 Å². The maximum Gasteiger partial charge on any atom is 0.0811 e. The van der Waals surface area contributed by atoms with E-state index in [1.54, 1.807) is 6.08 Å². The van der Waals surface area contributed by atoms with E-state index in [1.165, 1.54) is 24.8 Å². The van der Waals surface area contributed by atoms with Crippen LogP contribution in [0.1, 0.15) is 26.2 Å². The Kier molecular flexibility index (Phi) is 1.88. The first kappa shape index (κ1) is 9.01. The predicted molar refractivity (Wildman–Crippen MR) is 54.3 cm³/mol. The highest BCUT2D eigenvalue weighted by molar-refractivity contribution is 5.27. The first-order valence-electron chi connectivity index (χ1n) is 5.10. The molecule has 1 N–H and O–H groups in total. The van der Waals surface area contributed by atoms with E-state index < -0.39 is 6.10 Å². The highest BCUT2D eigenvalue weighted by atomic mass is 16.3. The lowest BCUT2D eigenvalue weighted by Gasteiger charge is -2.38. The van der Waals surface area contributed by atoms with Gasteiger partial charge in [-0.05, 0) is 31.1 Å². The van der Waals surface area contributed by atoms with Gasteiger partial charge in [0, 0.05) is 5.41 Å². The molecular formula is C12H18O. The van der Waals surface area contributed by atoms with Gasteiger partial charge in [0.1, 0.15) is 0 Å². The van der Waals surface area contributed by atoms with Gasteiger partial charge in [0.25, 0.3) is 0 Å². The number of fused-ring (bicyclic) bond motifs is 2. The lowest BCUT2D eigenvalue weighted by Crippen LogP contribution is -2.37. The fourth-order valence-corrected chi connectivity index (χ4v) is 3.22. The normalized spacial score (nSPS) is 45.2. The van der Waals surface area contributed by atoms with Crippen molar-refractivity contribution in [2.45, 2.75) is 32.3 Å². The summed E-state index contributed by atoms with van der Waals surface area (Å²) in [4.78, 5) is 0. The van der Waals surface area contributed by atoms with Crippen LogP contribution in [0.25, 0.3) is 0 Å². The van der Waals surface area contributed by atoms with Gasteiger partial charge >= 0.3 is 0 Å². The second kappa shape index (κ2) is 2.71. The molecule has 0 aromatic rings. The van der Waals surface area contributed by atoms with Crippen molar-refractivity contribution in [2.24, 2.45) is 17.3 Å². The summed E-state index contributed by atoms with van der Waals surface area (Å²) < 4.78 is 0. The molecule has 0 amide bonds. The van der Waals surface area contributed by atoms with Crippen molar-refractivity contribution in [3.63, 3.8) is 0 Å². The van der Waals surface area contributed by atoms with Gasteiger partial charge in [-0.3, -0.25) is 0 Å². The van der Waals surface area contributed by atoms with Crippen molar-refractivity contribution >= 4 is 0 Å². The first-order chi connectivity index (χ1) is 6.10. The fraction of sp³-hybridized carbons (Fsp3) is 0.667. The van der Waals surface area contributed by atoms with E-state index in [1.807, 2.05) is 0 Å². The van der Waals surface area contributed by atoms with Gasteiger partial charge in [-0.15, -0.1) is 6.58 Å². The Morgan fingerprint density at radius 3 is 2.77 bits per heavy atom. The summed E-state index contributed by atoms with van der Waals surface area (Å²) in [6.45, 7) is 9.97. The fourth-order valence-electron chi connectivity index (χ4n) is 3.22. The summed E-state index contributed by atoms with van der Waals surface area (Å²) >= 11 is 0. The van der Waals surface area contributed by atoms with E-state index in [-0.39, 0.29) is 5.41 Å². The van der Waals surface area contributed by atoms with E-state index in [2.05, 4.69) is 20.1 Å². The minimum atomic E-state index is -0.407. The summed E-state index contributed by atoms with van der Waals surface area (Å²) in [7, 11) is 0. The molecule has 2 aliphatic rings. The third kappa shape index (κ3) is 0.969. The number of rotatable bonds is 2. The Morgan fingerprint density at radius 1 is 1.62 bits per heavy atom. The van der Waals surface area contributed by atoms with Gasteiger partial charge in [-0.2, -0.15) is 0 Å². The van der Waals surface area contributed by atoms with Crippen LogP contribution < -0.4 is 0 Å². The summed E-state index contributed by atoms with van der Waals surface area (Å²) in [5.41, 5.74) is 1.18. The molecular weight excluding hydrogens is 160 g/mol. The molecule has 1 heteroatoms. The SMILES string of the molecule is C=CC(O)C1(C)C(=C)C2CCC1C2. The maximum atomic E-state index is 9.93. The first-order valence-corrected chi connectivity index (χ1v) is 5.10. The largest absolute Gasteiger partial charge is 0.388 e. The number of aliphatic hydroxyl groups excluding tert-OH is 1. The third-order valence-corrected chi connectivity index (χ3v) is 4.30. The molecule has 0 saturated heterocycles. The van der Waals surface area contributed by atoms with E-state index in [9.17, 15) is 5.11 Å². The van der Waals surface area contributed by atoms with Gasteiger partial charge in [0.15, 0.2) is 0 Å². The van der Waals surface area contributed by atoms with Crippen molar-refractivity contribution in [3.8, 4) is 0 Å². The topological polar surface area (TPSA) is 20.2 Å². The average Bonchev–Trinajstić information content (AvgIpc) is 2.69. The van der Waals surface area contributed by atoms with Crippen molar-refractivity contribution in [3.05, 3.63) is 24.8 Å². The second-order valence-electron chi connectivity index (χ2n) is 4.70. The molecule has 2 fully saturated rings. The third-order valence-electron chi connectivity index (χ3n) is 4.30. The smallest absolute Gasteiger partial charge is 0.0811 e. The highest BCUT2D eigenvalue weighted by Crippen LogP contribution is 2.60. The van der Waals surface area contributed by atoms with Gasteiger partial charge in [-0.25, -0.2) is 0 Å². The monoisotopic (exact) mass is 178 g/mol. The molecule has 2 aliphatic carbocycles. The van der Waals surface area contributed by atoms with Crippen LogP contribution in [0.4, 0.5) is 0 Å². The summed E-state index contributed by atoms with van der Waals surface area (Å²) in [5, 5.41) is 9.93. The molecule has 0 aromatic heterocycles. The molecule has 72 valence electrons. The Labute approximate surface area is 80.2 Å². The molecule has 0 radical (unpaired) electrons. The molecule has 13 heavy (non-hydrogen) atoms. The van der Waals surface area contributed by atoms with Crippen LogP contribution in [0.3, 0.4) is 0 Å². The van der Waals surface area contributed by atoms with Crippen molar-refractivity contribution in [1.82, 2.24) is 0 Å². The molecule has 4 unspecified atom stereocenters. The van der Waals surface area contributed by atoms with Crippen LogP contribution >= 0.6 is 0 Å². The lowest BCUT2D eigenvalue weighted by atomic mass is 9.68. The zero-order chi connectivity index (χ0) is 9.64. The molecule has 2 saturated carbocycles. The molecule has 4 atom stereocenters. The van der Waals surface area contributed by atoms with Gasteiger partial charge < -0.3 is 5.11 Å². The summed E-state index contributed by atoms with van der Waals surface area (Å²) in [6, 6.07) is 0. The summed E-state index contributed by atoms with van der Waals surface area (Å²) in [6.07, 6.45) is 5.02. The molecule has 2 bridgehead atoms. The number of aliphatic hydroxyl groups is 1. The Balaban J connectivity index is 2.32. The highest BCUT2D eigenvalue weighted by Gasteiger charge is 2.53. The molecule has 1 nitrogen and oxygen atoms in total. The van der Waals surface area contributed by atoms with Crippen molar-refractivity contribution in [2.75, 3.05) is 0 Å². The number of hydrogen-bond donors (Lipinski definition) is 1. The Morgan fingerprint density at radius 2 is 2.31 bits per heavy atom. The second-order valence-corrected chi connectivity index (χ2v) is 4.70. The molecule has 0 spiro atoms. The van der Waals surface area contributed by atoms with E-state index in [0.29, 0.717) is 11.8 Å². The Bertz CT molecular complexity index is 256.